The van der Waals surface area contributed by atoms with Crippen LogP contribution in [0, 0.1) is 0 Å². The summed E-state index contributed by atoms with van der Waals surface area (Å²) in [5, 5.41) is 3.42. The van der Waals surface area contributed by atoms with Crippen molar-refractivity contribution in [1.82, 2.24) is 10.2 Å². The maximum absolute atomic E-state index is 12.7. The van der Waals surface area contributed by atoms with Gasteiger partial charge in [-0.15, -0.1) is 0 Å². The standard InChI is InChI=1S/C16H22N2O2/c1-11-15(8-9-20-11)18-12(2)17-14(16(18)19)10-13-6-4-3-5-7-13/h3-7,11-12,14-15,17H,8-10H2,1-2H3. The second-order valence-electron chi connectivity index (χ2n) is 5.76. The molecule has 2 fully saturated rings. The Morgan fingerprint density at radius 1 is 1.30 bits per heavy atom. The lowest BCUT2D eigenvalue weighted by atomic mass is 10.0. The normalized spacial score (nSPS) is 33.9. The first kappa shape index (κ1) is 13.6. The van der Waals surface area contributed by atoms with Gasteiger partial charge < -0.3 is 9.64 Å². The predicted octanol–water partition coefficient (Wildman–Crippen LogP) is 1.55. The van der Waals surface area contributed by atoms with Crippen molar-refractivity contribution in [2.24, 2.45) is 0 Å². The fourth-order valence-corrected chi connectivity index (χ4v) is 3.35. The summed E-state index contributed by atoms with van der Waals surface area (Å²) >= 11 is 0. The molecule has 108 valence electrons. The molecule has 4 nitrogen and oxygen atoms in total. The molecular weight excluding hydrogens is 252 g/mol. The van der Waals surface area contributed by atoms with Crippen molar-refractivity contribution < 1.29 is 9.53 Å². The van der Waals surface area contributed by atoms with E-state index in [0.717, 1.165) is 19.4 Å². The van der Waals surface area contributed by atoms with Gasteiger partial charge in [0, 0.05) is 6.61 Å². The van der Waals surface area contributed by atoms with E-state index in [0.29, 0.717) is 0 Å². The first-order chi connectivity index (χ1) is 9.66. The number of hydrogen-bond acceptors (Lipinski definition) is 3. The fraction of sp³-hybridized carbons (Fsp3) is 0.562. The van der Waals surface area contributed by atoms with Crippen LogP contribution in [0.4, 0.5) is 0 Å². The Morgan fingerprint density at radius 3 is 2.70 bits per heavy atom. The van der Waals surface area contributed by atoms with E-state index in [9.17, 15) is 4.79 Å². The Morgan fingerprint density at radius 2 is 2.05 bits per heavy atom. The van der Waals surface area contributed by atoms with Gasteiger partial charge in [0.15, 0.2) is 0 Å². The van der Waals surface area contributed by atoms with Crippen molar-refractivity contribution in [3.05, 3.63) is 35.9 Å². The van der Waals surface area contributed by atoms with Gasteiger partial charge >= 0.3 is 0 Å². The molecule has 2 aliphatic rings. The van der Waals surface area contributed by atoms with Crippen LogP contribution in [0.3, 0.4) is 0 Å². The van der Waals surface area contributed by atoms with Crippen molar-refractivity contribution in [1.29, 1.82) is 0 Å². The number of nitrogens with zero attached hydrogens (tertiary/aromatic N) is 1. The maximum Gasteiger partial charge on any atom is 0.241 e. The van der Waals surface area contributed by atoms with Crippen molar-refractivity contribution in [3.8, 4) is 0 Å². The van der Waals surface area contributed by atoms with E-state index >= 15 is 0 Å². The van der Waals surface area contributed by atoms with Crippen molar-refractivity contribution in [3.63, 3.8) is 0 Å². The molecule has 0 bridgehead atoms. The number of carbonyl (C=O) groups excluding carboxylic acids is 1. The van der Waals surface area contributed by atoms with Crippen LogP contribution >= 0.6 is 0 Å². The number of carbonyl (C=O) groups is 1. The third kappa shape index (κ3) is 2.45. The second-order valence-corrected chi connectivity index (χ2v) is 5.76. The average molecular weight is 274 g/mol. The summed E-state index contributed by atoms with van der Waals surface area (Å²) in [7, 11) is 0. The van der Waals surface area contributed by atoms with Crippen LogP contribution in [-0.2, 0) is 16.0 Å². The Kier molecular flexibility index (Phi) is 3.76. The molecule has 0 aromatic heterocycles. The quantitative estimate of drug-likeness (QED) is 0.909. The van der Waals surface area contributed by atoms with E-state index in [1.54, 1.807) is 0 Å². The molecule has 0 spiro atoms. The van der Waals surface area contributed by atoms with E-state index < -0.39 is 0 Å². The summed E-state index contributed by atoms with van der Waals surface area (Å²) in [6.45, 7) is 4.88. The topological polar surface area (TPSA) is 41.6 Å². The van der Waals surface area contributed by atoms with Crippen LogP contribution in [0.1, 0.15) is 25.8 Å². The Hall–Kier alpha value is -1.39. The minimum absolute atomic E-state index is 0.0883. The molecule has 1 amide bonds. The number of nitrogens with one attached hydrogen (secondary N) is 1. The van der Waals surface area contributed by atoms with Crippen LogP contribution in [0.25, 0.3) is 0 Å². The Labute approximate surface area is 120 Å². The third-order valence-electron chi connectivity index (χ3n) is 4.39. The van der Waals surface area contributed by atoms with Gasteiger partial charge in [-0.25, -0.2) is 0 Å². The highest BCUT2D eigenvalue weighted by Crippen LogP contribution is 2.26. The average Bonchev–Trinajstić information content (AvgIpc) is 2.96. The number of benzene rings is 1. The fourth-order valence-electron chi connectivity index (χ4n) is 3.35. The van der Waals surface area contributed by atoms with Crippen LogP contribution in [-0.4, -0.2) is 41.8 Å². The van der Waals surface area contributed by atoms with Gasteiger partial charge in [-0.1, -0.05) is 30.3 Å². The van der Waals surface area contributed by atoms with Crippen LogP contribution in [0.2, 0.25) is 0 Å². The molecular formula is C16H22N2O2. The van der Waals surface area contributed by atoms with Crippen LogP contribution in [0.5, 0.6) is 0 Å². The minimum Gasteiger partial charge on any atom is -0.376 e. The molecule has 2 aliphatic heterocycles. The molecule has 20 heavy (non-hydrogen) atoms. The molecule has 0 radical (unpaired) electrons. The third-order valence-corrected chi connectivity index (χ3v) is 4.39. The smallest absolute Gasteiger partial charge is 0.241 e. The zero-order valence-electron chi connectivity index (χ0n) is 12.1. The van der Waals surface area contributed by atoms with E-state index in [-0.39, 0.29) is 30.3 Å². The molecule has 1 aromatic rings. The Bertz CT molecular complexity index is 477. The van der Waals surface area contributed by atoms with Gasteiger partial charge in [0.1, 0.15) is 0 Å². The van der Waals surface area contributed by atoms with Gasteiger partial charge in [-0.2, -0.15) is 0 Å². The highest BCUT2D eigenvalue weighted by molar-refractivity contribution is 5.85. The number of amides is 1. The van der Waals surface area contributed by atoms with Crippen LogP contribution < -0.4 is 5.32 Å². The van der Waals surface area contributed by atoms with Crippen molar-refractivity contribution in [2.75, 3.05) is 6.61 Å². The SMILES string of the molecule is CC1OCCC1N1C(=O)C(Cc2ccccc2)NC1C. The summed E-state index contributed by atoms with van der Waals surface area (Å²) < 4.78 is 5.61. The second kappa shape index (κ2) is 5.54. The zero-order valence-corrected chi connectivity index (χ0v) is 12.1. The Balaban J connectivity index is 1.72. The molecule has 2 saturated heterocycles. The van der Waals surface area contributed by atoms with Gasteiger partial charge in [-0.3, -0.25) is 10.1 Å². The number of hydrogen-bond donors (Lipinski definition) is 1. The van der Waals surface area contributed by atoms with Crippen molar-refractivity contribution in [2.45, 2.75) is 51.0 Å². The van der Waals surface area contributed by atoms with Gasteiger partial charge in [0.2, 0.25) is 5.91 Å². The lowest BCUT2D eigenvalue weighted by molar-refractivity contribution is -0.133. The number of rotatable bonds is 3. The predicted molar refractivity (Wildman–Crippen MR) is 77.2 cm³/mol. The molecule has 4 unspecified atom stereocenters. The van der Waals surface area contributed by atoms with Gasteiger partial charge in [0.25, 0.3) is 0 Å². The van der Waals surface area contributed by atoms with Crippen molar-refractivity contribution >= 4 is 5.91 Å². The highest BCUT2D eigenvalue weighted by Gasteiger charge is 2.43. The first-order valence-electron chi connectivity index (χ1n) is 7.40. The summed E-state index contributed by atoms with van der Waals surface area (Å²) in [5.74, 6) is 0.212. The molecule has 3 rings (SSSR count). The minimum atomic E-state index is -0.111. The first-order valence-corrected chi connectivity index (χ1v) is 7.40. The summed E-state index contributed by atoms with van der Waals surface area (Å²) in [6, 6.07) is 10.3. The molecule has 1 N–H and O–H groups in total. The van der Waals surface area contributed by atoms with E-state index in [1.807, 2.05) is 23.1 Å². The molecule has 0 aliphatic carbocycles. The largest absolute Gasteiger partial charge is 0.376 e. The highest BCUT2D eigenvalue weighted by atomic mass is 16.5. The molecule has 4 atom stereocenters. The summed E-state index contributed by atoms with van der Waals surface area (Å²) in [5.41, 5.74) is 1.20. The van der Waals surface area contributed by atoms with E-state index in [4.69, 9.17) is 4.74 Å². The lowest BCUT2D eigenvalue weighted by Gasteiger charge is -2.29. The van der Waals surface area contributed by atoms with Crippen LogP contribution in [0.15, 0.2) is 30.3 Å². The monoisotopic (exact) mass is 274 g/mol. The molecule has 0 saturated carbocycles. The van der Waals surface area contributed by atoms with E-state index in [2.05, 4.69) is 31.3 Å². The van der Waals surface area contributed by atoms with E-state index in [1.165, 1.54) is 5.56 Å². The zero-order chi connectivity index (χ0) is 14.1. The molecule has 4 heteroatoms. The maximum atomic E-state index is 12.7. The summed E-state index contributed by atoms with van der Waals surface area (Å²) in [6.07, 6.45) is 1.92. The number of ether oxygens (including phenoxy) is 1. The van der Waals surface area contributed by atoms with Gasteiger partial charge in [-0.05, 0) is 32.3 Å². The summed E-state index contributed by atoms with van der Waals surface area (Å²) in [4.78, 5) is 14.7. The van der Waals surface area contributed by atoms with Gasteiger partial charge in [0.05, 0.1) is 24.4 Å². The molecule has 1 aromatic carbocycles. The molecule has 2 heterocycles. The lowest BCUT2D eigenvalue weighted by Crippen LogP contribution is -2.46.